The van der Waals surface area contributed by atoms with Gasteiger partial charge < -0.3 is 85.9 Å². The average Bonchev–Trinajstić information content (AvgIpc) is 1.59. The first kappa shape index (κ1) is 101. The smallest absolute Gasteiger partial charge is 0.307 e. The van der Waals surface area contributed by atoms with Gasteiger partial charge in [-0.05, 0) is 183 Å². The number of methoxy groups -OCH3 is 3. The summed E-state index contributed by atoms with van der Waals surface area (Å²) in [7, 11) is 4.82. The summed E-state index contributed by atoms with van der Waals surface area (Å²) >= 11 is 0. The molecule has 3 aromatic heterocycles. The molecule has 711 valence electrons. The molecule has 12 heterocycles. The summed E-state index contributed by atoms with van der Waals surface area (Å²) in [6.07, 6.45) is 25.1. The molecule has 12 aliphatic rings. The van der Waals surface area contributed by atoms with Crippen LogP contribution in [-0.4, -0.2) is 233 Å². The van der Waals surface area contributed by atoms with Gasteiger partial charge in [0.2, 0.25) is 35.4 Å². The van der Waals surface area contributed by atoms with Crippen molar-refractivity contribution in [2.75, 3.05) is 80.6 Å². The van der Waals surface area contributed by atoms with Crippen LogP contribution in [0, 0.1) is 69.5 Å². The number of aromatic nitrogens is 6. The van der Waals surface area contributed by atoms with Crippen LogP contribution >= 0.6 is 0 Å². The number of hydrogen-bond donors (Lipinski definition) is 0. The average molecular weight is 1930 g/mol. The number of esters is 3. The number of ether oxygens (including phenoxy) is 12. The van der Waals surface area contributed by atoms with Gasteiger partial charge in [0, 0.05) is 96.0 Å². The molecule has 0 spiro atoms. The number of rotatable bonds is 9. The third-order valence-electron chi connectivity index (χ3n) is 30.7. The summed E-state index contributed by atoms with van der Waals surface area (Å²) in [4.78, 5) is 154. The number of carbonyl (C=O) groups is 6. The van der Waals surface area contributed by atoms with Crippen LogP contribution in [0.4, 0.5) is 0 Å². The van der Waals surface area contributed by atoms with Gasteiger partial charge in [-0.1, -0.05) is 98.2 Å². The first-order valence-electron chi connectivity index (χ1n) is 47.0. The van der Waals surface area contributed by atoms with Crippen molar-refractivity contribution in [3.8, 4) is 34.9 Å². The van der Waals surface area contributed by atoms with E-state index in [4.69, 9.17) is 86.7 Å². The molecule has 3 aliphatic carbocycles. The summed E-state index contributed by atoms with van der Waals surface area (Å²) in [5.74, 6) is -0.685. The van der Waals surface area contributed by atoms with Gasteiger partial charge in [-0.15, -0.1) is 0 Å². The van der Waals surface area contributed by atoms with Gasteiger partial charge in [-0.3, -0.25) is 28.8 Å². The zero-order valence-corrected chi connectivity index (χ0v) is 82.1. The van der Waals surface area contributed by atoms with Gasteiger partial charge in [0.05, 0.1) is 151 Å². The van der Waals surface area contributed by atoms with Crippen molar-refractivity contribution >= 4 is 87.6 Å². The minimum absolute atomic E-state index is 0. The van der Waals surface area contributed by atoms with Crippen molar-refractivity contribution in [1.82, 2.24) is 44.6 Å². The Morgan fingerprint density at radius 1 is 0.371 bits per heavy atom. The Kier molecular flexibility index (Phi) is 33.1. The third-order valence-corrected chi connectivity index (χ3v) is 30.7. The van der Waals surface area contributed by atoms with E-state index in [0.717, 1.165) is 156 Å². The quantitative estimate of drug-likeness (QED) is 0.0737. The fourth-order valence-electron chi connectivity index (χ4n) is 21.8. The van der Waals surface area contributed by atoms with Gasteiger partial charge >= 0.3 is 17.9 Å². The molecule has 0 unspecified atom stereocenters. The van der Waals surface area contributed by atoms with E-state index in [2.05, 4.69) is 25.8 Å². The second-order valence-corrected chi connectivity index (χ2v) is 40.0. The number of benzene rings is 3. The van der Waals surface area contributed by atoms with E-state index in [1.54, 1.807) is 31.1 Å². The van der Waals surface area contributed by atoms with Crippen LogP contribution in [0.5, 0.6) is 34.9 Å². The van der Waals surface area contributed by atoms with E-state index in [9.17, 15) is 43.2 Å². The normalized spacial score (nSPS) is 31.8. The largest absolute Gasteiger partial charge is 0.540 e. The molecule has 6 saturated heterocycles. The molecule has 33 heteroatoms. The molecule has 3 saturated carbocycles. The molecular formula is C99H126N9O21V3-3. The van der Waals surface area contributed by atoms with Gasteiger partial charge in [-0.25, -0.2) is 48.8 Å². The Balaban J connectivity index is 0.000000166. The first-order chi connectivity index (χ1) is 62.1. The number of aryl methyl sites for hydroxylation is 3. The standard InChI is InChI=1S/C34H44N3O7.C33H42N3O7.C32H40N3O7.3V/c1-21-28(18-38)37-17-29(21)43-31-26(35-25-13-12-23(41-4)15-27(25)36-31)11-7-5-6-9-22-10-8-14-34(22,3)44-30(39)16-24(32(37)40)33(2)19-42-20-33;1-20-27(17-37)36-16-29(20)43-31-25(34-24-13-12-22(40-3)14-26(24)35-31)10-6-4-5-8-21-9-7-11-28(21)42-30(38)15-23(32(36)39)33(2)18-41-19-33;1-19-26(16-36)35-15-27(19)41-29-24(33-23-11-10-21(39-4)12-25(23)34-29)9-7-5-6-8-20-14-32(20,3)42-28(37)13-22(30(35)38)31(2)17-40-18-31;;;/h12-13,15,21-22,24,28-29H,5-11,14,16-17,19-20H2,1-4H3;12-14,20-21,23,27-29H,4-11,15-16,18-19H2,1-3H3;10-12,19-20,22,26-27H,5-9,13-15,17-18H2,1-4H3;;;/q3*-1;;;/t21-,22+,24+,28+,29-,34+;20-,21+,23+,27+,28+,29-;19-,20+,22+,26+,27-,32+;;;/m000.../s1. The number of fused-ring (bicyclic) bond motifs is 15. The predicted molar refractivity (Wildman–Crippen MR) is 472 cm³/mol. The third kappa shape index (κ3) is 21.7. The molecule has 9 aliphatic heterocycles. The molecule has 3 aromatic carbocycles. The molecule has 30 nitrogen and oxygen atoms in total. The number of nitrogens with zero attached hydrogens (tertiary/aromatic N) is 9. The summed E-state index contributed by atoms with van der Waals surface area (Å²) in [6.45, 7) is 18.4. The van der Waals surface area contributed by atoms with Crippen LogP contribution < -0.4 is 28.4 Å². The molecule has 9 fully saturated rings. The maximum absolute atomic E-state index is 14.3. The van der Waals surface area contributed by atoms with Gasteiger partial charge in [0.25, 0.3) is 0 Å². The minimum atomic E-state index is -0.814. The van der Waals surface area contributed by atoms with Crippen LogP contribution in [0.15, 0.2) is 54.6 Å². The van der Waals surface area contributed by atoms with Crippen LogP contribution in [0.2, 0.25) is 0 Å². The Morgan fingerprint density at radius 3 is 1.07 bits per heavy atom. The van der Waals surface area contributed by atoms with E-state index in [1.807, 2.05) is 103 Å². The predicted octanol–water partition coefficient (Wildman–Crippen LogP) is 12.6. The molecule has 6 aromatic rings. The van der Waals surface area contributed by atoms with Crippen LogP contribution in [0.3, 0.4) is 0 Å². The van der Waals surface area contributed by atoms with Crippen molar-refractivity contribution in [1.29, 1.82) is 0 Å². The van der Waals surface area contributed by atoms with E-state index in [0.29, 0.717) is 122 Å². The SMILES string of the molecule is COc1ccc2nc3c(nc2c1)O[C@H]1CN(C(=O)[C@H](C2(C)COC2)CC(=O)O[C@@H]2CCC[C@H]2CCCCC3)[C@H]([C-]=O)[C@@H]1C.COc1ccc2nc3c(nc2c1)O[C@H]1CN(C(=O)[C@H](C2(C)COC2)CC(=O)O[C@]2(C)CCC[C@H]2CCCCC3)[C@H]([C-]=O)[C@@H]1C.COc1ccc2nc3c(nc2c1)O[C@H]1CN(C(=O)[C@H](C2(C)COC2)CC(=O)O[C@]2(C)C[C@H]2CCCCC3)[C@H]([C-]=O)[C@@H]1C.[V].[V].[V]. The zero-order chi connectivity index (χ0) is 90.8. The van der Waals surface area contributed by atoms with Crippen LogP contribution in [-0.2, 0) is 147 Å². The summed E-state index contributed by atoms with van der Waals surface area (Å²) in [5.41, 5.74) is 3.94. The monoisotopic (exact) mass is 1930 g/mol. The fraction of sp³-hybridized carbons (Fsp3) is 0.667. The van der Waals surface area contributed by atoms with Crippen LogP contribution in [0.1, 0.15) is 214 Å². The van der Waals surface area contributed by atoms with Crippen molar-refractivity contribution in [3.05, 3.63) is 71.7 Å². The maximum Gasteiger partial charge on any atom is 0.307 e. The number of carbonyl (C=O) groups excluding carboxylic acids is 9. The molecule has 6 bridgehead atoms. The summed E-state index contributed by atoms with van der Waals surface area (Å²) in [5, 5.41) is 0. The van der Waals surface area contributed by atoms with Gasteiger partial charge in [0.15, 0.2) is 0 Å². The Morgan fingerprint density at radius 2 is 0.712 bits per heavy atom. The van der Waals surface area contributed by atoms with Crippen molar-refractivity contribution in [2.45, 2.75) is 270 Å². The van der Waals surface area contributed by atoms with Crippen LogP contribution in [0.25, 0.3) is 33.1 Å². The van der Waals surface area contributed by atoms with E-state index < -0.39 is 81.6 Å². The number of hydrogen-bond acceptors (Lipinski definition) is 27. The Labute approximate surface area is 808 Å². The van der Waals surface area contributed by atoms with E-state index in [1.165, 1.54) is 4.90 Å². The van der Waals surface area contributed by atoms with E-state index >= 15 is 0 Å². The topological polar surface area (TPSA) is 351 Å². The summed E-state index contributed by atoms with van der Waals surface area (Å²) in [6, 6.07) is 14.3. The van der Waals surface area contributed by atoms with Crippen molar-refractivity contribution < 1.29 is 156 Å². The molecule has 18 atom stereocenters. The zero-order valence-electron chi connectivity index (χ0n) is 77.9. The molecule has 0 N–H and O–H groups in total. The molecular weight excluding hydrogens is 1800 g/mol. The second kappa shape index (κ2) is 43.1. The molecule has 18 rings (SSSR count). The Hall–Kier alpha value is -8.06. The fourth-order valence-corrected chi connectivity index (χ4v) is 21.8. The number of amides is 3. The van der Waals surface area contributed by atoms with Crippen molar-refractivity contribution in [2.24, 2.45) is 69.5 Å². The first-order valence-corrected chi connectivity index (χ1v) is 47.0. The Bertz CT molecular complexity index is 5160. The maximum atomic E-state index is 14.3. The molecule has 3 amide bonds. The minimum Gasteiger partial charge on any atom is -0.540 e. The molecule has 3 radical (unpaired) electrons. The van der Waals surface area contributed by atoms with Gasteiger partial charge in [-0.2, -0.15) is 0 Å². The van der Waals surface area contributed by atoms with Gasteiger partial charge in [0.1, 0.15) is 69.9 Å². The summed E-state index contributed by atoms with van der Waals surface area (Å²) < 4.78 is 70.6. The van der Waals surface area contributed by atoms with Crippen molar-refractivity contribution in [3.63, 3.8) is 0 Å². The molecule has 132 heavy (non-hydrogen) atoms. The second-order valence-electron chi connectivity index (χ2n) is 40.0. The van der Waals surface area contributed by atoms with E-state index in [-0.39, 0.29) is 160 Å².